The van der Waals surface area contributed by atoms with Crippen molar-refractivity contribution in [3.05, 3.63) is 29.8 Å². The van der Waals surface area contributed by atoms with Crippen LogP contribution < -0.4 is 10.6 Å². The summed E-state index contributed by atoms with van der Waals surface area (Å²) in [7, 11) is 0. The molecule has 0 aromatic heterocycles. The van der Waals surface area contributed by atoms with Crippen LogP contribution in [-0.2, 0) is 16.0 Å². The first-order chi connectivity index (χ1) is 16.1. The van der Waals surface area contributed by atoms with E-state index in [-0.39, 0.29) is 0 Å². The number of hydrogen-bond acceptors (Lipinski definition) is 5. The topological polar surface area (TPSA) is 67.9 Å². The second kappa shape index (κ2) is 12.0. The van der Waals surface area contributed by atoms with Gasteiger partial charge in [-0.1, -0.05) is 19.1 Å². The molecule has 7 nitrogen and oxygen atoms in total. The Hall–Kier alpha value is -1.96. The van der Waals surface area contributed by atoms with Gasteiger partial charge in [-0.15, -0.1) is 0 Å². The van der Waals surface area contributed by atoms with Crippen molar-refractivity contribution in [1.29, 1.82) is 0 Å². The lowest BCUT2D eigenvalue weighted by molar-refractivity contribution is -0.144. The highest BCUT2D eigenvalue weighted by atomic mass is 16.2. The summed E-state index contributed by atoms with van der Waals surface area (Å²) < 4.78 is 0. The maximum Gasteiger partial charge on any atom is 0.313 e. The van der Waals surface area contributed by atoms with Crippen molar-refractivity contribution in [3.63, 3.8) is 0 Å². The van der Waals surface area contributed by atoms with Crippen LogP contribution in [-0.4, -0.2) is 92.0 Å². The summed E-state index contributed by atoms with van der Waals surface area (Å²) in [6.45, 7) is 12.0. The summed E-state index contributed by atoms with van der Waals surface area (Å²) in [6, 6.07) is 7.95. The minimum Gasteiger partial charge on any atom is -0.332 e. The van der Waals surface area contributed by atoms with Crippen LogP contribution in [0.2, 0.25) is 0 Å². The van der Waals surface area contributed by atoms with E-state index in [1.165, 1.54) is 44.3 Å². The van der Waals surface area contributed by atoms with E-state index in [1.54, 1.807) is 4.90 Å². The van der Waals surface area contributed by atoms with Gasteiger partial charge in [0.05, 0.1) is 0 Å². The van der Waals surface area contributed by atoms with Crippen molar-refractivity contribution in [2.75, 3.05) is 70.8 Å². The van der Waals surface area contributed by atoms with Crippen molar-refractivity contribution in [2.24, 2.45) is 11.8 Å². The minimum atomic E-state index is -0.524. The molecule has 1 aromatic rings. The lowest BCUT2D eigenvalue weighted by Crippen LogP contribution is -2.52. The first-order valence-corrected chi connectivity index (χ1v) is 12.9. The molecule has 3 heterocycles. The van der Waals surface area contributed by atoms with Crippen molar-refractivity contribution in [1.82, 2.24) is 20.0 Å². The molecule has 2 amide bonds. The number of carbonyl (C=O) groups excluding carboxylic acids is 2. The monoisotopic (exact) mass is 455 g/mol. The van der Waals surface area contributed by atoms with Gasteiger partial charge in [0, 0.05) is 45.0 Å². The molecule has 1 aromatic carbocycles. The van der Waals surface area contributed by atoms with Crippen LogP contribution in [0.15, 0.2) is 24.3 Å². The van der Waals surface area contributed by atoms with E-state index < -0.39 is 11.8 Å². The summed E-state index contributed by atoms with van der Waals surface area (Å²) in [6.07, 6.45) is 6.00. The Morgan fingerprint density at radius 3 is 2.42 bits per heavy atom. The fraction of sp³-hybridized carbons (Fsp3) is 0.692. The third kappa shape index (κ3) is 7.26. The Morgan fingerprint density at radius 2 is 1.70 bits per heavy atom. The molecule has 3 saturated heterocycles. The Bertz CT molecular complexity index is 779. The fourth-order valence-electron chi connectivity index (χ4n) is 5.27. The summed E-state index contributed by atoms with van der Waals surface area (Å²) in [5.74, 6) is 0.658. The first-order valence-electron chi connectivity index (χ1n) is 12.9. The van der Waals surface area contributed by atoms with E-state index in [0.29, 0.717) is 18.8 Å². The molecule has 0 saturated carbocycles. The van der Waals surface area contributed by atoms with Crippen molar-refractivity contribution in [3.8, 4) is 0 Å². The largest absolute Gasteiger partial charge is 0.332 e. The van der Waals surface area contributed by atoms with Gasteiger partial charge in [0.25, 0.3) is 0 Å². The normalized spacial score (nSPS) is 21.8. The average Bonchev–Trinajstić information content (AvgIpc) is 2.84. The van der Waals surface area contributed by atoms with E-state index in [0.717, 1.165) is 57.5 Å². The van der Waals surface area contributed by atoms with Gasteiger partial charge < -0.3 is 20.4 Å². The molecule has 3 aliphatic heterocycles. The van der Waals surface area contributed by atoms with E-state index >= 15 is 0 Å². The van der Waals surface area contributed by atoms with Crippen molar-refractivity contribution in [2.45, 2.75) is 39.0 Å². The number of likely N-dealkylation sites (tertiary alicyclic amines) is 1. The lowest BCUT2D eigenvalue weighted by Gasteiger charge is -2.37. The maximum atomic E-state index is 12.7. The number of anilines is 1. The standard InChI is InChI=1S/C26H41N5O2/c1-21-7-12-29(13-8-21)14-9-22-3-2-4-24(19-22)28-25(32)26(33)31-17-15-30(16-18-31)20-23-5-10-27-11-6-23/h2-4,19,21,23,27H,5-18,20H2,1H3,(H,28,32). The fourth-order valence-corrected chi connectivity index (χ4v) is 5.27. The highest BCUT2D eigenvalue weighted by Gasteiger charge is 2.27. The molecule has 0 unspecified atom stereocenters. The van der Waals surface area contributed by atoms with Gasteiger partial charge in [0.2, 0.25) is 0 Å². The number of rotatable bonds is 6. The molecule has 7 heteroatoms. The van der Waals surface area contributed by atoms with Crippen LogP contribution in [0.3, 0.4) is 0 Å². The second-order valence-electron chi connectivity index (χ2n) is 10.2. The molecule has 182 valence electrons. The van der Waals surface area contributed by atoms with Gasteiger partial charge in [-0.2, -0.15) is 0 Å². The highest BCUT2D eigenvalue weighted by Crippen LogP contribution is 2.18. The van der Waals surface area contributed by atoms with Gasteiger partial charge in [-0.25, -0.2) is 0 Å². The Kier molecular flexibility index (Phi) is 8.75. The molecular formula is C26H41N5O2. The molecule has 2 N–H and O–H groups in total. The van der Waals surface area contributed by atoms with Crippen LogP contribution in [0.5, 0.6) is 0 Å². The molecular weight excluding hydrogens is 414 g/mol. The van der Waals surface area contributed by atoms with Crippen molar-refractivity contribution >= 4 is 17.5 Å². The first kappa shape index (κ1) is 24.2. The van der Waals surface area contributed by atoms with Crippen LogP contribution in [0.4, 0.5) is 5.69 Å². The minimum absolute atomic E-state index is 0.413. The Balaban J connectivity index is 1.20. The molecule has 0 radical (unpaired) electrons. The molecule has 0 spiro atoms. The van der Waals surface area contributed by atoms with E-state index in [2.05, 4.69) is 33.4 Å². The summed E-state index contributed by atoms with van der Waals surface area (Å²) in [5.41, 5.74) is 1.91. The molecule has 4 rings (SSSR count). The second-order valence-corrected chi connectivity index (χ2v) is 10.2. The number of amides is 2. The van der Waals surface area contributed by atoms with E-state index in [1.807, 2.05) is 18.2 Å². The SMILES string of the molecule is CC1CCN(CCc2cccc(NC(=O)C(=O)N3CCN(CC4CCNCC4)CC3)c2)CC1. The van der Waals surface area contributed by atoms with Crippen LogP contribution >= 0.6 is 0 Å². The Labute approximate surface area is 198 Å². The summed E-state index contributed by atoms with van der Waals surface area (Å²) >= 11 is 0. The average molecular weight is 456 g/mol. The number of hydrogen-bond donors (Lipinski definition) is 2. The number of nitrogens with zero attached hydrogens (tertiary/aromatic N) is 3. The zero-order valence-corrected chi connectivity index (χ0v) is 20.2. The molecule has 33 heavy (non-hydrogen) atoms. The number of benzene rings is 1. The smallest absolute Gasteiger partial charge is 0.313 e. The molecule has 0 bridgehead atoms. The van der Waals surface area contributed by atoms with Crippen LogP contribution in [0.25, 0.3) is 0 Å². The number of nitrogens with one attached hydrogen (secondary N) is 2. The summed E-state index contributed by atoms with van der Waals surface area (Å²) in [4.78, 5) is 32.0. The van der Waals surface area contributed by atoms with Crippen LogP contribution in [0.1, 0.15) is 38.2 Å². The van der Waals surface area contributed by atoms with Gasteiger partial charge in [0.15, 0.2) is 0 Å². The number of piperazine rings is 1. The highest BCUT2D eigenvalue weighted by molar-refractivity contribution is 6.39. The lowest BCUT2D eigenvalue weighted by atomic mass is 9.97. The van der Waals surface area contributed by atoms with Crippen molar-refractivity contribution < 1.29 is 9.59 Å². The Morgan fingerprint density at radius 1 is 0.970 bits per heavy atom. The molecule has 3 aliphatic rings. The zero-order chi connectivity index (χ0) is 23.0. The maximum absolute atomic E-state index is 12.7. The van der Waals surface area contributed by atoms with Gasteiger partial charge in [-0.3, -0.25) is 14.5 Å². The number of piperidine rings is 2. The molecule has 0 atom stereocenters. The quantitative estimate of drug-likeness (QED) is 0.643. The molecule has 0 aliphatic carbocycles. The van der Waals surface area contributed by atoms with E-state index in [9.17, 15) is 9.59 Å². The molecule has 3 fully saturated rings. The predicted octanol–water partition coefficient (Wildman–Crippen LogP) is 2.04. The van der Waals surface area contributed by atoms with Gasteiger partial charge >= 0.3 is 11.8 Å². The predicted molar refractivity (Wildman–Crippen MR) is 132 cm³/mol. The third-order valence-corrected chi connectivity index (χ3v) is 7.61. The number of carbonyl (C=O) groups is 2. The van der Waals surface area contributed by atoms with Gasteiger partial charge in [0.1, 0.15) is 0 Å². The van der Waals surface area contributed by atoms with Gasteiger partial charge in [-0.05, 0) is 87.8 Å². The zero-order valence-electron chi connectivity index (χ0n) is 20.2. The van der Waals surface area contributed by atoms with E-state index in [4.69, 9.17) is 0 Å². The third-order valence-electron chi connectivity index (χ3n) is 7.61. The summed E-state index contributed by atoms with van der Waals surface area (Å²) in [5, 5.41) is 6.25. The van der Waals surface area contributed by atoms with Crippen LogP contribution in [0, 0.1) is 11.8 Å².